The molecule has 0 aliphatic heterocycles. The maximum atomic E-state index is 13.8. The molecule has 0 atom stereocenters. The molecule has 0 aliphatic rings. The van der Waals surface area contributed by atoms with Gasteiger partial charge in [0.2, 0.25) is 0 Å². The Morgan fingerprint density at radius 1 is 1.36 bits per heavy atom. The second kappa shape index (κ2) is 6.29. The summed E-state index contributed by atoms with van der Waals surface area (Å²) in [5.41, 5.74) is -0.730. The van der Waals surface area contributed by atoms with Gasteiger partial charge in [-0.2, -0.15) is 18.3 Å². The fourth-order valence-electron chi connectivity index (χ4n) is 1.78. The van der Waals surface area contributed by atoms with Gasteiger partial charge in [-0.3, -0.25) is 4.79 Å². The van der Waals surface area contributed by atoms with Crippen LogP contribution in [-0.4, -0.2) is 22.2 Å². The second-order valence-electron chi connectivity index (χ2n) is 4.30. The zero-order chi connectivity index (χ0) is 16.5. The van der Waals surface area contributed by atoms with Crippen LogP contribution >= 0.6 is 23.4 Å². The van der Waals surface area contributed by atoms with Crippen molar-refractivity contribution in [2.24, 2.45) is 0 Å². The van der Waals surface area contributed by atoms with Crippen LogP contribution in [0.2, 0.25) is 5.02 Å². The predicted molar refractivity (Wildman–Crippen MR) is 76.7 cm³/mol. The number of hydrogen-bond acceptors (Lipinski definition) is 3. The van der Waals surface area contributed by atoms with E-state index in [9.17, 15) is 22.4 Å². The zero-order valence-electron chi connectivity index (χ0n) is 11.1. The molecule has 0 radical (unpaired) electrons. The normalized spacial score (nSPS) is 11.7. The summed E-state index contributed by atoms with van der Waals surface area (Å²) in [5.74, 6) is -0.513. The number of hydrogen-bond donors (Lipinski definition) is 0. The van der Waals surface area contributed by atoms with Crippen LogP contribution in [0.15, 0.2) is 34.1 Å². The van der Waals surface area contributed by atoms with Crippen LogP contribution < -0.4 is 5.56 Å². The van der Waals surface area contributed by atoms with Crippen LogP contribution in [0.5, 0.6) is 0 Å². The first-order chi connectivity index (χ1) is 10.2. The molecule has 0 fully saturated rings. The summed E-state index contributed by atoms with van der Waals surface area (Å²) in [6.07, 6.45) is -1.87. The lowest BCUT2D eigenvalue weighted by Gasteiger charge is -2.11. The summed E-state index contributed by atoms with van der Waals surface area (Å²) in [4.78, 5) is 12.2. The average molecular weight is 353 g/mol. The molecule has 0 aliphatic carbocycles. The van der Waals surface area contributed by atoms with Gasteiger partial charge in [-0.25, -0.2) is 9.07 Å². The lowest BCUT2D eigenvalue weighted by molar-refractivity contribution is -0.143. The molecule has 0 unspecified atom stereocenters. The van der Waals surface area contributed by atoms with Crippen LogP contribution in [0.1, 0.15) is 0 Å². The highest BCUT2D eigenvalue weighted by Gasteiger charge is 2.29. The molecule has 3 nitrogen and oxygen atoms in total. The van der Waals surface area contributed by atoms with E-state index in [0.29, 0.717) is 4.90 Å². The molecule has 0 spiro atoms. The maximum absolute atomic E-state index is 13.8. The fraction of sp³-hybridized carbons (Fsp3) is 0.231. The van der Waals surface area contributed by atoms with E-state index in [-0.39, 0.29) is 15.8 Å². The van der Waals surface area contributed by atoms with Gasteiger partial charge in [0.25, 0.3) is 5.56 Å². The minimum Gasteiger partial charge on any atom is -0.266 e. The molecule has 1 heterocycles. The van der Waals surface area contributed by atoms with Crippen molar-refractivity contribution in [2.45, 2.75) is 17.6 Å². The van der Waals surface area contributed by atoms with E-state index in [2.05, 4.69) is 5.10 Å². The lowest BCUT2D eigenvalue weighted by atomic mass is 10.1. The van der Waals surface area contributed by atoms with Gasteiger partial charge < -0.3 is 0 Å². The van der Waals surface area contributed by atoms with Crippen molar-refractivity contribution in [3.8, 4) is 11.1 Å². The number of halogens is 5. The Hall–Kier alpha value is -1.54. The number of thioether (sulfide) groups is 1. The van der Waals surface area contributed by atoms with Crippen molar-refractivity contribution in [1.82, 2.24) is 9.78 Å². The first kappa shape index (κ1) is 16.8. The molecule has 9 heteroatoms. The van der Waals surface area contributed by atoms with Gasteiger partial charge >= 0.3 is 6.18 Å². The number of alkyl halides is 3. The van der Waals surface area contributed by atoms with E-state index in [0.717, 1.165) is 12.3 Å². The SMILES string of the molecule is CSc1ccc(-c2cnn(CC(F)(F)F)c(=O)c2Cl)cc1F. The predicted octanol–water partition coefficient (Wildman–Crippen LogP) is 3.99. The number of benzene rings is 1. The van der Waals surface area contributed by atoms with E-state index < -0.39 is 29.1 Å². The molecule has 2 rings (SSSR count). The Morgan fingerprint density at radius 3 is 2.59 bits per heavy atom. The largest absolute Gasteiger partial charge is 0.408 e. The van der Waals surface area contributed by atoms with Crippen LogP contribution in [0.25, 0.3) is 11.1 Å². The second-order valence-corrected chi connectivity index (χ2v) is 5.53. The summed E-state index contributed by atoms with van der Waals surface area (Å²) in [6, 6.07) is 4.17. The Bertz CT molecular complexity index is 761. The minimum atomic E-state index is -4.59. The molecule has 118 valence electrons. The first-order valence-electron chi connectivity index (χ1n) is 5.89. The topological polar surface area (TPSA) is 34.9 Å². The van der Waals surface area contributed by atoms with Crippen molar-refractivity contribution in [3.63, 3.8) is 0 Å². The maximum Gasteiger partial charge on any atom is 0.408 e. The molecule has 1 aromatic carbocycles. The average Bonchev–Trinajstić information content (AvgIpc) is 2.43. The summed E-state index contributed by atoms with van der Waals surface area (Å²) in [6.45, 7) is -1.54. The van der Waals surface area contributed by atoms with Gasteiger partial charge in [-0.05, 0) is 24.0 Å². The third kappa shape index (κ3) is 3.61. The lowest BCUT2D eigenvalue weighted by Crippen LogP contribution is -2.30. The standard InChI is InChI=1S/C13H9ClF4N2OS/c1-22-10-3-2-7(4-9(10)15)8-5-19-20(6-13(16,17)18)12(21)11(8)14/h2-5H,6H2,1H3. The van der Waals surface area contributed by atoms with E-state index in [1.807, 2.05) is 0 Å². The quantitative estimate of drug-likeness (QED) is 0.619. The van der Waals surface area contributed by atoms with Crippen molar-refractivity contribution in [3.05, 3.63) is 45.6 Å². The Balaban J connectivity index is 2.48. The molecule has 0 saturated carbocycles. The van der Waals surface area contributed by atoms with Crippen LogP contribution in [0, 0.1) is 5.82 Å². The third-order valence-corrected chi connectivity index (χ3v) is 3.91. The van der Waals surface area contributed by atoms with E-state index in [4.69, 9.17) is 11.6 Å². The molecule has 1 aromatic heterocycles. The molecule has 2 aromatic rings. The molecule has 0 saturated heterocycles. The fourth-order valence-corrected chi connectivity index (χ4v) is 2.50. The van der Waals surface area contributed by atoms with Crippen LogP contribution in [-0.2, 0) is 6.54 Å². The monoisotopic (exact) mass is 352 g/mol. The third-order valence-electron chi connectivity index (χ3n) is 2.78. The van der Waals surface area contributed by atoms with Gasteiger partial charge in [0.05, 0.1) is 6.20 Å². The molecule has 0 N–H and O–H groups in total. The van der Waals surface area contributed by atoms with E-state index in [1.54, 1.807) is 6.26 Å². The van der Waals surface area contributed by atoms with Crippen molar-refractivity contribution >= 4 is 23.4 Å². The first-order valence-corrected chi connectivity index (χ1v) is 7.49. The summed E-state index contributed by atoms with van der Waals surface area (Å²) < 4.78 is 50.9. The summed E-state index contributed by atoms with van der Waals surface area (Å²) in [5, 5.41) is 3.01. The molecular formula is C13H9ClF4N2OS. The van der Waals surface area contributed by atoms with E-state index >= 15 is 0 Å². The van der Waals surface area contributed by atoms with Crippen LogP contribution in [0.3, 0.4) is 0 Å². The van der Waals surface area contributed by atoms with E-state index in [1.165, 1.54) is 23.9 Å². The number of aromatic nitrogens is 2. The van der Waals surface area contributed by atoms with Gasteiger partial charge in [0, 0.05) is 10.5 Å². The molecular weight excluding hydrogens is 344 g/mol. The number of rotatable bonds is 3. The highest BCUT2D eigenvalue weighted by atomic mass is 35.5. The van der Waals surface area contributed by atoms with Gasteiger partial charge in [0.15, 0.2) is 0 Å². The van der Waals surface area contributed by atoms with Crippen LogP contribution in [0.4, 0.5) is 17.6 Å². The highest BCUT2D eigenvalue weighted by molar-refractivity contribution is 7.98. The minimum absolute atomic E-state index is 0.0802. The summed E-state index contributed by atoms with van der Waals surface area (Å²) in [7, 11) is 0. The Morgan fingerprint density at radius 2 is 2.05 bits per heavy atom. The Kier molecular flexibility index (Phi) is 4.81. The van der Waals surface area contributed by atoms with Gasteiger partial charge in [0.1, 0.15) is 17.4 Å². The summed E-state index contributed by atoms with van der Waals surface area (Å²) >= 11 is 7.02. The van der Waals surface area contributed by atoms with Gasteiger partial charge in [-0.15, -0.1) is 11.8 Å². The highest BCUT2D eigenvalue weighted by Crippen LogP contribution is 2.29. The molecule has 0 amide bonds. The molecule has 0 bridgehead atoms. The Labute approximate surface area is 131 Å². The number of nitrogens with zero attached hydrogens (tertiary/aromatic N) is 2. The van der Waals surface area contributed by atoms with Gasteiger partial charge in [-0.1, -0.05) is 17.7 Å². The molecule has 22 heavy (non-hydrogen) atoms. The van der Waals surface area contributed by atoms with Crippen molar-refractivity contribution in [2.75, 3.05) is 6.26 Å². The van der Waals surface area contributed by atoms with Crippen molar-refractivity contribution in [1.29, 1.82) is 0 Å². The van der Waals surface area contributed by atoms with Crippen molar-refractivity contribution < 1.29 is 17.6 Å². The smallest absolute Gasteiger partial charge is 0.266 e. The zero-order valence-corrected chi connectivity index (χ0v) is 12.7.